The number of terminal acetylenes is 1. The Labute approximate surface area is 94.5 Å². The van der Waals surface area contributed by atoms with E-state index >= 15 is 0 Å². The number of rotatable bonds is 5. The molecular weight excluding hydrogens is 209 g/mol. The third-order valence-electron chi connectivity index (χ3n) is 1.88. The lowest BCUT2D eigenvalue weighted by atomic mass is 10.3. The van der Waals surface area contributed by atoms with Crippen molar-refractivity contribution in [2.75, 3.05) is 12.3 Å². The highest BCUT2D eigenvalue weighted by Gasteiger charge is 2.03. The molecule has 1 aromatic rings. The topological polar surface area (TPSA) is 12.0 Å². The Kier molecular flexibility index (Phi) is 5.23. The minimum Gasteiger partial charge on any atom is -0.303 e. The summed E-state index contributed by atoms with van der Waals surface area (Å²) >= 11 is 1.63. The summed E-state index contributed by atoms with van der Waals surface area (Å²) in [5.41, 5.74) is 0. The smallest absolute Gasteiger partial charge is 0.123 e. The lowest BCUT2D eigenvalue weighted by molar-refractivity contribution is 0.626. The van der Waals surface area contributed by atoms with Crippen molar-refractivity contribution in [3.63, 3.8) is 0 Å². The highest BCUT2D eigenvalue weighted by atomic mass is 32.2. The zero-order valence-corrected chi connectivity index (χ0v) is 9.48. The summed E-state index contributed by atoms with van der Waals surface area (Å²) in [5.74, 6) is 3.27. The predicted octanol–water partition coefficient (Wildman–Crippen LogP) is 2.53. The molecule has 0 radical (unpaired) electrons. The molecule has 80 valence electrons. The molecular formula is C12H14FNS. The quantitative estimate of drug-likeness (QED) is 0.608. The number of thioether (sulfide) groups is 1. The van der Waals surface area contributed by atoms with Gasteiger partial charge in [-0.2, -0.15) is 0 Å². The van der Waals surface area contributed by atoms with E-state index < -0.39 is 0 Å². The molecule has 0 aliphatic rings. The van der Waals surface area contributed by atoms with E-state index in [-0.39, 0.29) is 11.9 Å². The maximum absolute atomic E-state index is 12.6. The maximum Gasteiger partial charge on any atom is 0.123 e. The Morgan fingerprint density at radius 2 is 2.13 bits per heavy atom. The number of nitrogens with one attached hydrogen (secondary N) is 1. The third-order valence-corrected chi connectivity index (χ3v) is 2.99. The van der Waals surface area contributed by atoms with Crippen LogP contribution in [0.4, 0.5) is 4.39 Å². The molecule has 0 heterocycles. The zero-order chi connectivity index (χ0) is 11.1. The van der Waals surface area contributed by atoms with Crippen LogP contribution in [-0.4, -0.2) is 18.3 Å². The van der Waals surface area contributed by atoms with Crippen LogP contribution in [-0.2, 0) is 0 Å². The molecule has 0 saturated heterocycles. The van der Waals surface area contributed by atoms with Gasteiger partial charge in [0.2, 0.25) is 0 Å². The van der Waals surface area contributed by atoms with Gasteiger partial charge < -0.3 is 5.32 Å². The van der Waals surface area contributed by atoms with Crippen LogP contribution >= 0.6 is 11.8 Å². The van der Waals surface area contributed by atoms with E-state index in [1.165, 1.54) is 12.1 Å². The van der Waals surface area contributed by atoms with Crippen molar-refractivity contribution in [2.45, 2.75) is 17.9 Å². The van der Waals surface area contributed by atoms with Crippen molar-refractivity contribution >= 4 is 11.8 Å². The van der Waals surface area contributed by atoms with Crippen molar-refractivity contribution in [1.29, 1.82) is 0 Å². The van der Waals surface area contributed by atoms with Crippen molar-refractivity contribution in [3.8, 4) is 12.3 Å². The highest BCUT2D eigenvalue weighted by molar-refractivity contribution is 7.99. The molecule has 1 N–H and O–H groups in total. The Balaban J connectivity index is 2.42. The van der Waals surface area contributed by atoms with Gasteiger partial charge >= 0.3 is 0 Å². The molecule has 1 atom stereocenters. The Morgan fingerprint density at radius 1 is 1.47 bits per heavy atom. The molecule has 0 aromatic heterocycles. The lowest BCUT2D eigenvalue weighted by Crippen LogP contribution is -2.29. The molecule has 0 aliphatic heterocycles. The Morgan fingerprint density at radius 3 is 2.67 bits per heavy atom. The molecule has 0 amide bonds. The molecule has 0 spiro atoms. The molecule has 0 saturated carbocycles. The van der Waals surface area contributed by atoms with Crippen LogP contribution in [0, 0.1) is 18.2 Å². The average Bonchev–Trinajstić information content (AvgIpc) is 2.26. The summed E-state index contributed by atoms with van der Waals surface area (Å²) in [6, 6.07) is 6.52. The Hall–Kier alpha value is -0.980. The molecule has 0 aliphatic carbocycles. The second kappa shape index (κ2) is 6.49. The third kappa shape index (κ3) is 4.37. The van der Waals surface area contributed by atoms with Crippen molar-refractivity contribution < 1.29 is 4.39 Å². The predicted molar refractivity (Wildman–Crippen MR) is 63.4 cm³/mol. The summed E-state index contributed by atoms with van der Waals surface area (Å²) in [6.07, 6.45) is 5.36. The van der Waals surface area contributed by atoms with Crippen LogP contribution in [0.15, 0.2) is 29.2 Å². The standard InChI is InChI=1S/C12H14FNS/c1-3-11(14-4-2)9-15-12-7-5-10(13)6-8-12/h1,5-8,11,14H,4,9H2,2H3. The van der Waals surface area contributed by atoms with Gasteiger partial charge in [0.15, 0.2) is 0 Å². The van der Waals surface area contributed by atoms with Gasteiger partial charge in [-0.3, -0.25) is 0 Å². The van der Waals surface area contributed by atoms with Crippen LogP contribution in [0.3, 0.4) is 0 Å². The first-order chi connectivity index (χ1) is 7.26. The minimum atomic E-state index is -0.209. The van der Waals surface area contributed by atoms with Crippen LogP contribution in [0.25, 0.3) is 0 Å². The number of halogens is 1. The van der Waals surface area contributed by atoms with E-state index in [4.69, 9.17) is 6.42 Å². The fourth-order valence-corrected chi connectivity index (χ4v) is 2.02. The second-order valence-corrected chi connectivity index (χ2v) is 4.14. The summed E-state index contributed by atoms with van der Waals surface area (Å²) in [7, 11) is 0. The van der Waals surface area contributed by atoms with E-state index in [9.17, 15) is 4.39 Å². The number of hydrogen-bond acceptors (Lipinski definition) is 2. The zero-order valence-electron chi connectivity index (χ0n) is 8.66. The first-order valence-electron chi connectivity index (χ1n) is 4.84. The highest BCUT2D eigenvalue weighted by Crippen LogP contribution is 2.18. The molecule has 1 unspecified atom stereocenters. The molecule has 1 aromatic carbocycles. The van der Waals surface area contributed by atoms with Crippen LogP contribution in [0.5, 0.6) is 0 Å². The van der Waals surface area contributed by atoms with E-state index in [2.05, 4.69) is 11.2 Å². The SMILES string of the molecule is C#CC(CSc1ccc(F)cc1)NCC. The lowest BCUT2D eigenvalue weighted by Gasteiger charge is -2.10. The monoisotopic (exact) mass is 223 g/mol. The fraction of sp³-hybridized carbons (Fsp3) is 0.333. The van der Waals surface area contributed by atoms with Gasteiger partial charge in [-0.15, -0.1) is 18.2 Å². The van der Waals surface area contributed by atoms with Gasteiger partial charge in [-0.25, -0.2) is 4.39 Å². The van der Waals surface area contributed by atoms with Gasteiger partial charge in [0.05, 0.1) is 6.04 Å². The summed E-state index contributed by atoms with van der Waals surface area (Å²) < 4.78 is 12.6. The van der Waals surface area contributed by atoms with Crippen molar-refractivity contribution in [3.05, 3.63) is 30.1 Å². The summed E-state index contributed by atoms with van der Waals surface area (Å²) in [6.45, 7) is 2.88. The minimum absolute atomic E-state index is 0.0741. The molecule has 1 rings (SSSR count). The Bertz CT molecular complexity index is 328. The van der Waals surface area contributed by atoms with E-state index in [0.29, 0.717) is 0 Å². The maximum atomic E-state index is 12.6. The van der Waals surface area contributed by atoms with Crippen LogP contribution in [0.1, 0.15) is 6.92 Å². The van der Waals surface area contributed by atoms with Crippen LogP contribution in [0.2, 0.25) is 0 Å². The fourth-order valence-electron chi connectivity index (χ4n) is 1.12. The average molecular weight is 223 g/mol. The van der Waals surface area contributed by atoms with E-state index in [1.807, 2.05) is 6.92 Å². The van der Waals surface area contributed by atoms with E-state index in [0.717, 1.165) is 17.2 Å². The molecule has 1 nitrogen and oxygen atoms in total. The number of benzene rings is 1. The number of hydrogen-bond donors (Lipinski definition) is 1. The van der Waals surface area contributed by atoms with Crippen LogP contribution < -0.4 is 5.32 Å². The van der Waals surface area contributed by atoms with Crippen molar-refractivity contribution in [1.82, 2.24) is 5.32 Å². The summed E-state index contributed by atoms with van der Waals surface area (Å²) in [5, 5.41) is 3.18. The second-order valence-electron chi connectivity index (χ2n) is 3.04. The normalized spacial score (nSPS) is 12.1. The molecule has 15 heavy (non-hydrogen) atoms. The molecule has 0 bridgehead atoms. The first-order valence-corrected chi connectivity index (χ1v) is 5.82. The van der Waals surface area contributed by atoms with Gasteiger partial charge in [0.1, 0.15) is 5.82 Å². The van der Waals surface area contributed by atoms with Gasteiger partial charge in [-0.1, -0.05) is 12.8 Å². The van der Waals surface area contributed by atoms with Gasteiger partial charge in [0, 0.05) is 10.6 Å². The first kappa shape index (κ1) is 12.1. The summed E-state index contributed by atoms with van der Waals surface area (Å²) in [4.78, 5) is 1.04. The van der Waals surface area contributed by atoms with E-state index in [1.54, 1.807) is 23.9 Å². The van der Waals surface area contributed by atoms with Crippen molar-refractivity contribution in [2.24, 2.45) is 0 Å². The van der Waals surface area contributed by atoms with Gasteiger partial charge in [-0.05, 0) is 30.8 Å². The molecule has 0 fully saturated rings. The largest absolute Gasteiger partial charge is 0.303 e. The van der Waals surface area contributed by atoms with Gasteiger partial charge in [0.25, 0.3) is 0 Å². The molecule has 3 heteroatoms.